The molecule has 0 spiro atoms. The van der Waals surface area contributed by atoms with Crippen LogP contribution in [0.5, 0.6) is 11.5 Å². The number of aromatic nitrogens is 1. The van der Waals surface area contributed by atoms with Crippen LogP contribution in [0.15, 0.2) is 72.8 Å². The van der Waals surface area contributed by atoms with Gasteiger partial charge >= 0.3 is 0 Å². The molecule has 0 unspecified atom stereocenters. The SMILES string of the molecule is COc1cc2cc(-c3cccc(-c4ccccc4)c3)nc(CO)c2cc1OC. The summed E-state index contributed by atoms with van der Waals surface area (Å²) in [6.45, 7) is -0.155. The third-order valence-corrected chi connectivity index (χ3v) is 4.83. The number of fused-ring (bicyclic) bond motifs is 1. The minimum absolute atomic E-state index is 0.155. The standard InChI is InChI=1S/C24H21NO3/c1-27-23-13-19-12-21(25-22(15-26)20(19)14-24(23)28-2)18-10-6-9-17(11-18)16-7-4-3-5-8-16/h3-14,26H,15H2,1-2H3. The van der Waals surface area contributed by atoms with E-state index in [2.05, 4.69) is 24.3 Å². The minimum atomic E-state index is -0.155. The molecule has 4 aromatic rings. The molecule has 0 atom stereocenters. The van der Waals surface area contributed by atoms with Gasteiger partial charge in [-0.2, -0.15) is 0 Å². The first kappa shape index (κ1) is 18.0. The number of pyridine rings is 1. The zero-order valence-electron chi connectivity index (χ0n) is 15.8. The van der Waals surface area contributed by atoms with Crippen molar-refractivity contribution in [2.24, 2.45) is 0 Å². The molecule has 1 heterocycles. The summed E-state index contributed by atoms with van der Waals surface area (Å²) in [6.07, 6.45) is 0. The Balaban J connectivity index is 1.87. The molecule has 0 radical (unpaired) electrons. The maximum absolute atomic E-state index is 9.90. The molecule has 0 fully saturated rings. The van der Waals surface area contributed by atoms with Gasteiger partial charge in [0, 0.05) is 10.9 Å². The van der Waals surface area contributed by atoms with Gasteiger partial charge in [0.25, 0.3) is 0 Å². The van der Waals surface area contributed by atoms with Crippen molar-refractivity contribution >= 4 is 10.8 Å². The topological polar surface area (TPSA) is 51.6 Å². The molecule has 0 aliphatic rings. The second-order valence-electron chi connectivity index (χ2n) is 6.49. The smallest absolute Gasteiger partial charge is 0.161 e. The van der Waals surface area contributed by atoms with E-state index in [1.807, 2.05) is 48.5 Å². The molecule has 28 heavy (non-hydrogen) atoms. The van der Waals surface area contributed by atoms with E-state index in [-0.39, 0.29) is 6.61 Å². The van der Waals surface area contributed by atoms with Crippen LogP contribution < -0.4 is 9.47 Å². The Kier molecular flexibility index (Phi) is 4.96. The molecule has 0 amide bonds. The van der Waals surface area contributed by atoms with Crippen LogP contribution in [0.2, 0.25) is 0 Å². The van der Waals surface area contributed by atoms with Crippen molar-refractivity contribution in [3.05, 3.63) is 78.5 Å². The monoisotopic (exact) mass is 371 g/mol. The average Bonchev–Trinajstić information content (AvgIpc) is 2.77. The van der Waals surface area contributed by atoms with E-state index in [1.165, 1.54) is 0 Å². The number of hydrogen-bond acceptors (Lipinski definition) is 4. The predicted molar refractivity (Wildman–Crippen MR) is 112 cm³/mol. The highest BCUT2D eigenvalue weighted by Crippen LogP contribution is 2.35. The quantitative estimate of drug-likeness (QED) is 0.532. The van der Waals surface area contributed by atoms with Gasteiger partial charge in [-0.3, -0.25) is 0 Å². The number of nitrogens with zero attached hydrogens (tertiary/aromatic N) is 1. The first-order valence-electron chi connectivity index (χ1n) is 9.06. The summed E-state index contributed by atoms with van der Waals surface area (Å²) in [5, 5.41) is 11.7. The summed E-state index contributed by atoms with van der Waals surface area (Å²) in [7, 11) is 3.21. The number of methoxy groups -OCH3 is 2. The van der Waals surface area contributed by atoms with Gasteiger partial charge in [0.15, 0.2) is 11.5 Å². The Morgan fingerprint density at radius 2 is 1.43 bits per heavy atom. The molecular weight excluding hydrogens is 350 g/mol. The molecule has 4 rings (SSSR count). The lowest BCUT2D eigenvalue weighted by molar-refractivity contribution is 0.278. The van der Waals surface area contributed by atoms with Crippen LogP contribution in [0.4, 0.5) is 0 Å². The van der Waals surface area contributed by atoms with Crippen LogP contribution in [0.25, 0.3) is 33.2 Å². The third-order valence-electron chi connectivity index (χ3n) is 4.83. The van der Waals surface area contributed by atoms with E-state index < -0.39 is 0 Å². The van der Waals surface area contributed by atoms with E-state index >= 15 is 0 Å². The highest BCUT2D eigenvalue weighted by molar-refractivity contribution is 5.91. The normalized spacial score (nSPS) is 10.8. The minimum Gasteiger partial charge on any atom is -0.493 e. The molecule has 3 aromatic carbocycles. The first-order valence-corrected chi connectivity index (χ1v) is 9.06. The van der Waals surface area contributed by atoms with Crippen LogP contribution in [-0.4, -0.2) is 24.3 Å². The zero-order chi connectivity index (χ0) is 19.5. The summed E-state index contributed by atoms with van der Waals surface area (Å²) in [5.74, 6) is 1.26. The van der Waals surface area contributed by atoms with Gasteiger partial charge in [0.05, 0.1) is 32.2 Å². The molecule has 4 heteroatoms. The molecule has 1 aromatic heterocycles. The fourth-order valence-electron chi connectivity index (χ4n) is 3.41. The Bertz CT molecular complexity index is 1120. The second-order valence-corrected chi connectivity index (χ2v) is 6.49. The van der Waals surface area contributed by atoms with Crippen LogP contribution in [0.3, 0.4) is 0 Å². The molecule has 0 saturated heterocycles. The first-order chi connectivity index (χ1) is 13.7. The van der Waals surface area contributed by atoms with Crippen molar-refractivity contribution in [2.75, 3.05) is 14.2 Å². The summed E-state index contributed by atoms with van der Waals surface area (Å²) in [6, 6.07) is 24.3. The van der Waals surface area contributed by atoms with Crippen LogP contribution >= 0.6 is 0 Å². The maximum atomic E-state index is 9.90. The number of rotatable bonds is 5. The van der Waals surface area contributed by atoms with Crippen molar-refractivity contribution in [2.45, 2.75) is 6.61 Å². The number of hydrogen-bond donors (Lipinski definition) is 1. The van der Waals surface area contributed by atoms with Gasteiger partial charge in [-0.15, -0.1) is 0 Å². The van der Waals surface area contributed by atoms with Crippen LogP contribution in [0.1, 0.15) is 5.69 Å². The van der Waals surface area contributed by atoms with Gasteiger partial charge in [-0.05, 0) is 40.8 Å². The van der Waals surface area contributed by atoms with E-state index in [4.69, 9.17) is 14.5 Å². The largest absolute Gasteiger partial charge is 0.493 e. The lowest BCUT2D eigenvalue weighted by Crippen LogP contribution is -1.97. The van der Waals surface area contributed by atoms with Gasteiger partial charge in [-0.25, -0.2) is 4.98 Å². The van der Waals surface area contributed by atoms with E-state index in [1.54, 1.807) is 14.2 Å². The summed E-state index contributed by atoms with van der Waals surface area (Å²) in [5.41, 5.74) is 4.68. The lowest BCUT2D eigenvalue weighted by Gasteiger charge is -2.13. The molecule has 0 bridgehead atoms. The summed E-state index contributed by atoms with van der Waals surface area (Å²) in [4.78, 5) is 4.71. The van der Waals surface area contributed by atoms with E-state index in [0.717, 1.165) is 33.2 Å². The Labute approximate surface area is 164 Å². The summed E-state index contributed by atoms with van der Waals surface area (Å²) >= 11 is 0. The Hall–Kier alpha value is -3.37. The van der Waals surface area contributed by atoms with Crippen LogP contribution in [0, 0.1) is 0 Å². The van der Waals surface area contributed by atoms with Crippen molar-refractivity contribution in [1.82, 2.24) is 4.98 Å². The molecule has 1 N–H and O–H groups in total. The fourth-order valence-corrected chi connectivity index (χ4v) is 3.41. The van der Waals surface area contributed by atoms with Crippen LogP contribution in [-0.2, 0) is 6.61 Å². The Morgan fingerprint density at radius 3 is 2.14 bits per heavy atom. The Morgan fingerprint density at radius 1 is 0.750 bits per heavy atom. The second kappa shape index (κ2) is 7.71. The number of aliphatic hydroxyl groups is 1. The lowest BCUT2D eigenvalue weighted by atomic mass is 10.00. The van der Waals surface area contributed by atoms with Crippen molar-refractivity contribution in [1.29, 1.82) is 0 Å². The van der Waals surface area contributed by atoms with E-state index in [0.29, 0.717) is 17.2 Å². The highest BCUT2D eigenvalue weighted by Gasteiger charge is 2.13. The van der Waals surface area contributed by atoms with Gasteiger partial charge < -0.3 is 14.6 Å². The molecule has 4 nitrogen and oxygen atoms in total. The third kappa shape index (κ3) is 3.30. The van der Waals surface area contributed by atoms with Gasteiger partial charge in [0.2, 0.25) is 0 Å². The van der Waals surface area contributed by atoms with Crippen molar-refractivity contribution < 1.29 is 14.6 Å². The van der Waals surface area contributed by atoms with Crippen molar-refractivity contribution in [3.63, 3.8) is 0 Å². The van der Waals surface area contributed by atoms with Gasteiger partial charge in [0.1, 0.15) is 0 Å². The predicted octanol–water partition coefficient (Wildman–Crippen LogP) is 5.08. The molecule has 0 aliphatic heterocycles. The number of ether oxygens (including phenoxy) is 2. The number of benzene rings is 3. The zero-order valence-corrected chi connectivity index (χ0v) is 15.8. The maximum Gasteiger partial charge on any atom is 0.161 e. The van der Waals surface area contributed by atoms with Crippen molar-refractivity contribution in [3.8, 4) is 33.9 Å². The highest BCUT2D eigenvalue weighted by atomic mass is 16.5. The van der Waals surface area contributed by atoms with Gasteiger partial charge in [-0.1, -0.05) is 48.5 Å². The molecule has 0 aliphatic carbocycles. The number of aliphatic hydroxyl groups excluding tert-OH is 1. The molecular formula is C24H21NO3. The molecule has 140 valence electrons. The van der Waals surface area contributed by atoms with E-state index in [9.17, 15) is 5.11 Å². The molecule has 0 saturated carbocycles. The average molecular weight is 371 g/mol. The fraction of sp³-hybridized carbons (Fsp3) is 0.125. The summed E-state index contributed by atoms with van der Waals surface area (Å²) < 4.78 is 10.8.